The van der Waals surface area contributed by atoms with Gasteiger partial charge in [0.15, 0.2) is 17.9 Å². The summed E-state index contributed by atoms with van der Waals surface area (Å²) in [4.78, 5) is 38.7. The Morgan fingerprint density at radius 2 is 1.55 bits per heavy atom. The fourth-order valence-electron chi connectivity index (χ4n) is 6.31. The number of esters is 1. The van der Waals surface area contributed by atoms with Gasteiger partial charge in [-0.1, -0.05) is 104 Å². The number of carbonyl (C=O) groups is 3. The van der Waals surface area contributed by atoms with Crippen molar-refractivity contribution < 1.29 is 63.6 Å². The zero-order valence-electron chi connectivity index (χ0n) is 36.2. The van der Waals surface area contributed by atoms with E-state index in [0.29, 0.717) is 16.7 Å². The van der Waals surface area contributed by atoms with Gasteiger partial charge >= 0.3 is 5.97 Å². The maximum absolute atomic E-state index is 13.1. The van der Waals surface area contributed by atoms with Gasteiger partial charge in [-0.3, -0.25) is 14.4 Å². The van der Waals surface area contributed by atoms with E-state index in [2.05, 4.69) is 0 Å². The van der Waals surface area contributed by atoms with Gasteiger partial charge in [0.25, 0.3) is 0 Å². The molecule has 60 heavy (non-hydrogen) atoms. The van der Waals surface area contributed by atoms with Gasteiger partial charge in [0, 0.05) is 32.5 Å². The van der Waals surface area contributed by atoms with Crippen molar-refractivity contribution in [3.63, 3.8) is 0 Å². The summed E-state index contributed by atoms with van der Waals surface area (Å²) in [5, 5.41) is 53.5. The molecule has 0 aromatic rings. The highest BCUT2D eigenvalue weighted by atomic mass is 16.7. The number of carbonyl (C=O) groups excluding carboxylic acids is 3. The van der Waals surface area contributed by atoms with Crippen LogP contribution in [0.25, 0.3) is 0 Å². The molecular weight excluding hydrogens is 773 g/mol. The second kappa shape index (κ2) is 26.9. The van der Waals surface area contributed by atoms with Gasteiger partial charge in [0.2, 0.25) is 0 Å². The number of ketones is 2. The quantitative estimate of drug-likeness (QED) is 0.0734. The van der Waals surface area contributed by atoms with Gasteiger partial charge in [-0.25, -0.2) is 0 Å². The van der Waals surface area contributed by atoms with Crippen LogP contribution in [0.3, 0.4) is 0 Å². The van der Waals surface area contributed by atoms with Crippen molar-refractivity contribution in [1.82, 2.24) is 0 Å². The number of aliphatic hydroxyl groups is 5. The van der Waals surface area contributed by atoms with Crippen LogP contribution in [-0.4, -0.2) is 125 Å². The maximum Gasteiger partial charge on any atom is 0.309 e. The second-order valence-electron chi connectivity index (χ2n) is 15.1. The summed E-state index contributed by atoms with van der Waals surface area (Å²) in [6, 6.07) is 0. The number of allylic oxidation sites excluding steroid dienone is 13. The van der Waals surface area contributed by atoms with Crippen LogP contribution in [0.4, 0.5) is 0 Å². The van der Waals surface area contributed by atoms with Crippen molar-refractivity contribution in [3.05, 3.63) is 120 Å². The minimum Gasteiger partial charge on any atom is -0.461 e. The molecule has 13 heteroatoms. The van der Waals surface area contributed by atoms with Crippen molar-refractivity contribution in [2.45, 2.75) is 129 Å². The molecule has 0 aromatic carbocycles. The maximum atomic E-state index is 13.1. The predicted octanol–water partition coefficient (Wildman–Crippen LogP) is 4.82. The SMILES string of the molecule is CO[C@@H]1[C@H](O)[C@@H](OC)[C@H](OC(C)C(O)/C=C/C=C/C=C/C(=O)C(C)C(O)C(C)C2C/C=C/C=C/C=C/C(O)C(=O)/C(C)=C/C=C/C(C)=C/C(O)/C(C)=C/CC(=O)O2)O[C@@H]1C. The highest BCUT2D eigenvalue weighted by Crippen LogP contribution is 2.27. The van der Waals surface area contributed by atoms with Gasteiger partial charge < -0.3 is 49.2 Å². The van der Waals surface area contributed by atoms with E-state index in [9.17, 15) is 39.9 Å². The third kappa shape index (κ3) is 17.1. The van der Waals surface area contributed by atoms with E-state index in [1.807, 2.05) is 0 Å². The number of hydrogen-bond acceptors (Lipinski definition) is 13. The van der Waals surface area contributed by atoms with E-state index in [1.165, 1.54) is 44.6 Å². The zero-order chi connectivity index (χ0) is 44.9. The summed E-state index contributed by atoms with van der Waals surface area (Å²) >= 11 is 0. The molecule has 0 radical (unpaired) electrons. The topological polar surface area (TPSA) is 199 Å². The smallest absolute Gasteiger partial charge is 0.309 e. The number of cyclic esters (lactones) is 1. The molecule has 0 saturated carbocycles. The molecule has 2 heterocycles. The number of methoxy groups -OCH3 is 2. The Kier molecular flexibility index (Phi) is 23.3. The van der Waals surface area contributed by atoms with Crippen LogP contribution in [0.15, 0.2) is 120 Å². The van der Waals surface area contributed by atoms with Crippen LogP contribution in [0.1, 0.15) is 61.3 Å². The molecule has 0 spiro atoms. The van der Waals surface area contributed by atoms with Crippen LogP contribution < -0.4 is 0 Å². The van der Waals surface area contributed by atoms with Crippen molar-refractivity contribution in [3.8, 4) is 0 Å². The van der Waals surface area contributed by atoms with Gasteiger partial charge in [-0.15, -0.1) is 0 Å². The van der Waals surface area contributed by atoms with Crippen LogP contribution in [0, 0.1) is 11.8 Å². The first kappa shape index (κ1) is 52.0. The van der Waals surface area contributed by atoms with Gasteiger partial charge in [0.1, 0.15) is 30.5 Å². The number of rotatable bonds is 13. The van der Waals surface area contributed by atoms with Crippen LogP contribution in [0.2, 0.25) is 0 Å². The molecule has 2 aliphatic heterocycles. The third-order valence-corrected chi connectivity index (χ3v) is 10.4. The monoisotopic (exact) mass is 838 g/mol. The molecule has 2 aliphatic rings. The van der Waals surface area contributed by atoms with E-state index in [4.69, 9.17) is 23.7 Å². The van der Waals surface area contributed by atoms with Crippen LogP contribution >= 0.6 is 0 Å². The molecule has 2 rings (SSSR count). The molecule has 8 unspecified atom stereocenters. The molecule has 0 bridgehead atoms. The third-order valence-electron chi connectivity index (χ3n) is 10.4. The van der Waals surface area contributed by atoms with E-state index in [1.54, 1.807) is 121 Å². The second-order valence-corrected chi connectivity index (χ2v) is 15.1. The number of aliphatic hydroxyl groups excluding tert-OH is 5. The first-order valence-corrected chi connectivity index (χ1v) is 20.2. The zero-order valence-corrected chi connectivity index (χ0v) is 36.2. The average Bonchev–Trinajstić information content (AvgIpc) is 3.21. The Hall–Kier alpha value is -4.15. The minimum absolute atomic E-state index is 0.130. The van der Waals surface area contributed by atoms with Gasteiger partial charge in [0.05, 0.1) is 36.9 Å². The van der Waals surface area contributed by atoms with E-state index < -0.39 is 90.9 Å². The van der Waals surface area contributed by atoms with Crippen molar-refractivity contribution in [2.75, 3.05) is 14.2 Å². The number of hydrogen-bond donors (Lipinski definition) is 5. The predicted molar refractivity (Wildman–Crippen MR) is 229 cm³/mol. The summed E-state index contributed by atoms with van der Waals surface area (Å²) in [5.74, 6) is -2.90. The largest absolute Gasteiger partial charge is 0.461 e. The lowest BCUT2D eigenvalue weighted by molar-refractivity contribution is -0.314. The Labute approximate surface area is 355 Å². The fraction of sp³-hybridized carbons (Fsp3) is 0.511. The molecule has 332 valence electrons. The number of Topliss-reactive ketones (excluding diaryl/α,β-unsaturated/α-hetero) is 1. The highest BCUT2D eigenvalue weighted by Gasteiger charge is 2.45. The molecule has 5 N–H and O–H groups in total. The standard InChI is InChI=1S/C47H66O13/c1-29-20-19-21-31(3)42(53)38(50)24-17-11-10-12-18-25-40(60-41(52)27-26-30(2)39(51)28-29)33(5)43(54)32(4)36(48)22-15-13-14-16-23-37(49)34(6)58-47-46(57-9)44(55)45(56-8)35(7)59-47/h10-24,26,28,32-35,37-40,43-47,49-51,54-55H,25,27H2,1-9H3/b11-10+,14-13+,18-12+,20-19+,22-15+,23-16+,24-17+,29-28+,30-26+,31-21+/t32?,33?,34?,35-,37?,38?,39?,40?,43?,44+,45+,46-,47-/m1/s1. The van der Waals surface area contributed by atoms with Gasteiger partial charge in [-0.05, 0) is 64.0 Å². The molecule has 13 nitrogen and oxygen atoms in total. The number of ether oxygens (including phenoxy) is 5. The van der Waals surface area contributed by atoms with Gasteiger partial charge in [-0.2, -0.15) is 0 Å². The lowest BCUT2D eigenvalue weighted by Crippen LogP contribution is -2.59. The Balaban J connectivity index is 2.11. The van der Waals surface area contributed by atoms with E-state index >= 15 is 0 Å². The molecular formula is C47H66O13. The minimum atomic E-state index is -1.33. The van der Waals surface area contributed by atoms with E-state index in [0.717, 1.165) is 0 Å². The Bertz CT molecular complexity index is 1700. The summed E-state index contributed by atoms with van der Waals surface area (Å²) in [6.07, 6.45) is 17.1. The van der Waals surface area contributed by atoms with Crippen LogP contribution in [0.5, 0.6) is 0 Å². The Morgan fingerprint density at radius 1 is 0.883 bits per heavy atom. The lowest BCUT2D eigenvalue weighted by Gasteiger charge is -2.43. The molecule has 0 aromatic heterocycles. The fourth-order valence-corrected chi connectivity index (χ4v) is 6.31. The van der Waals surface area contributed by atoms with E-state index in [-0.39, 0.29) is 18.6 Å². The van der Waals surface area contributed by atoms with Crippen molar-refractivity contribution in [2.24, 2.45) is 11.8 Å². The summed E-state index contributed by atoms with van der Waals surface area (Å²) in [7, 11) is 2.90. The average molecular weight is 839 g/mol. The summed E-state index contributed by atoms with van der Waals surface area (Å²) < 4.78 is 28.2. The molecule has 1 fully saturated rings. The first-order chi connectivity index (χ1) is 28.4. The summed E-state index contributed by atoms with van der Waals surface area (Å²) in [5.41, 5.74) is 1.59. The normalized spacial score (nSPS) is 34.3. The highest BCUT2D eigenvalue weighted by molar-refractivity contribution is 5.99. The van der Waals surface area contributed by atoms with Crippen LogP contribution in [-0.2, 0) is 38.1 Å². The molecule has 13 atom stereocenters. The van der Waals surface area contributed by atoms with Crippen molar-refractivity contribution >= 4 is 17.5 Å². The molecule has 1 saturated heterocycles. The Morgan fingerprint density at radius 3 is 2.23 bits per heavy atom. The molecule has 0 aliphatic carbocycles. The first-order valence-electron chi connectivity index (χ1n) is 20.2. The molecule has 0 amide bonds. The summed E-state index contributed by atoms with van der Waals surface area (Å²) in [6.45, 7) is 11.8. The van der Waals surface area contributed by atoms with Crippen molar-refractivity contribution in [1.29, 1.82) is 0 Å². The lowest BCUT2D eigenvalue weighted by atomic mass is 9.85.